The fraction of sp³-hybridized carbons (Fsp3) is 0.875. The van der Waals surface area contributed by atoms with Gasteiger partial charge in [-0.25, -0.2) is 0 Å². The van der Waals surface area contributed by atoms with Crippen LogP contribution in [0, 0.1) is 0 Å². The molecule has 1 aliphatic heterocycles. The Morgan fingerprint density at radius 3 is 2.83 bits per heavy atom. The molecule has 1 rings (SSSR count). The van der Waals surface area contributed by atoms with Crippen LogP contribution in [0.4, 0.5) is 0 Å². The molecule has 0 aliphatic carbocycles. The van der Waals surface area contributed by atoms with Gasteiger partial charge in [-0.3, -0.25) is 9.69 Å². The summed E-state index contributed by atoms with van der Waals surface area (Å²) in [7, 11) is 0. The summed E-state index contributed by atoms with van der Waals surface area (Å²) in [5.74, 6) is 0.0442. The van der Waals surface area contributed by atoms with E-state index in [1.54, 1.807) is 0 Å². The predicted molar refractivity (Wildman–Crippen MR) is 45.7 cm³/mol. The summed E-state index contributed by atoms with van der Waals surface area (Å²) in [6.07, 6.45) is 0. The van der Waals surface area contributed by atoms with Crippen molar-refractivity contribution < 1.29 is 9.90 Å². The van der Waals surface area contributed by atoms with Crippen molar-refractivity contribution in [2.45, 2.75) is 19.4 Å². The minimum Gasteiger partial charge on any atom is -0.394 e. The molecular weight excluding hydrogens is 156 g/mol. The molecule has 0 spiro atoms. The van der Waals surface area contributed by atoms with Gasteiger partial charge in [-0.15, -0.1) is 0 Å². The molecule has 2 N–H and O–H groups in total. The fourth-order valence-electron chi connectivity index (χ4n) is 1.26. The van der Waals surface area contributed by atoms with E-state index in [1.807, 2.05) is 18.7 Å². The third-order valence-corrected chi connectivity index (χ3v) is 2.28. The van der Waals surface area contributed by atoms with Crippen molar-refractivity contribution in [3.8, 4) is 0 Å². The van der Waals surface area contributed by atoms with E-state index in [-0.39, 0.29) is 18.1 Å². The standard InChI is InChI=1S/C8H16N2O2/c1-8(2,6-11)10-4-3-9-7(12)5-10/h11H,3-6H2,1-2H3,(H,9,12). The van der Waals surface area contributed by atoms with E-state index in [2.05, 4.69) is 5.32 Å². The molecule has 12 heavy (non-hydrogen) atoms. The Balaban J connectivity index is 2.56. The Hall–Kier alpha value is -0.610. The van der Waals surface area contributed by atoms with Crippen LogP contribution in [-0.4, -0.2) is 47.7 Å². The van der Waals surface area contributed by atoms with Gasteiger partial charge in [0.15, 0.2) is 0 Å². The Labute approximate surface area is 72.6 Å². The monoisotopic (exact) mass is 172 g/mol. The molecule has 0 aromatic rings. The summed E-state index contributed by atoms with van der Waals surface area (Å²) in [5.41, 5.74) is -0.280. The number of hydrogen-bond acceptors (Lipinski definition) is 3. The lowest BCUT2D eigenvalue weighted by atomic mass is 10.0. The number of carbonyl (C=O) groups is 1. The highest BCUT2D eigenvalue weighted by atomic mass is 16.3. The van der Waals surface area contributed by atoms with Crippen LogP contribution in [0.3, 0.4) is 0 Å². The van der Waals surface area contributed by atoms with Crippen molar-refractivity contribution in [3.05, 3.63) is 0 Å². The SMILES string of the molecule is CC(C)(CO)N1CCNC(=O)C1. The second-order valence-corrected chi connectivity index (χ2v) is 3.74. The number of piperazine rings is 1. The molecule has 0 aromatic carbocycles. The van der Waals surface area contributed by atoms with Gasteiger partial charge in [0.2, 0.25) is 5.91 Å². The van der Waals surface area contributed by atoms with Crippen LogP contribution in [0.15, 0.2) is 0 Å². The van der Waals surface area contributed by atoms with Gasteiger partial charge in [0.05, 0.1) is 13.2 Å². The maximum atomic E-state index is 11.0. The van der Waals surface area contributed by atoms with Gasteiger partial charge in [-0.2, -0.15) is 0 Å². The first-order chi connectivity index (χ1) is 5.56. The quantitative estimate of drug-likeness (QED) is 0.573. The number of carbonyl (C=O) groups excluding carboxylic acids is 1. The zero-order chi connectivity index (χ0) is 9.19. The van der Waals surface area contributed by atoms with Gasteiger partial charge in [0.25, 0.3) is 0 Å². The lowest BCUT2D eigenvalue weighted by Crippen LogP contribution is -2.57. The number of aliphatic hydroxyl groups is 1. The summed E-state index contributed by atoms with van der Waals surface area (Å²) < 4.78 is 0. The van der Waals surface area contributed by atoms with Crippen molar-refractivity contribution in [2.75, 3.05) is 26.2 Å². The van der Waals surface area contributed by atoms with E-state index in [0.29, 0.717) is 13.1 Å². The molecule has 1 saturated heterocycles. The molecule has 1 heterocycles. The molecule has 70 valence electrons. The summed E-state index contributed by atoms with van der Waals surface area (Å²) in [5, 5.41) is 11.8. The summed E-state index contributed by atoms with van der Waals surface area (Å²) in [4.78, 5) is 13.0. The molecule has 1 aliphatic rings. The molecule has 0 atom stereocenters. The minimum atomic E-state index is -0.280. The number of nitrogens with zero attached hydrogens (tertiary/aromatic N) is 1. The molecule has 4 heteroatoms. The molecule has 0 radical (unpaired) electrons. The van der Waals surface area contributed by atoms with E-state index in [0.717, 1.165) is 6.54 Å². The zero-order valence-electron chi connectivity index (χ0n) is 7.63. The number of hydrogen-bond donors (Lipinski definition) is 2. The largest absolute Gasteiger partial charge is 0.394 e. The summed E-state index contributed by atoms with van der Waals surface area (Å²) in [6, 6.07) is 0. The van der Waals surface area contributed by atoms with E-state index in [4.69, 9.17) is 5.11 Å². The van der Waals surface area contributed by atoms with Crippen molar-refractivity contribution in [1.82, 2.24) is 10.2 Å². The van der Waals surface area contributed by atoms with Gasteiger partial charge in [-0.05, 0) is 13.8 Å². The fourth-order valence-corrected chi connectivity index (χ4v) is 1.26. The van der Waals surface area contributed by atoms with Crippen LogP contribution in [0.2, 0.25) is 0 Å². The van der Waals surface area contributed by atoms with Crippen LogP contribution >= 0.6 is 0 Å². The lowest BCUT2D eigenvalue weighted by Gasteiger charge is -2.39. The van der Waals surface area contributed by atoms with Crippen LogP contribution in [-0.2, 0) is 4.79 Å². The van der Waals surface area contributed by atoms with Gasteiger partial charge in [-0.1, -0.05) is 0 Å². The second-order valence-electron chi connectivity index (χ2n) is 3.74. The third kappa shape index (κ3) is 1.95. The maximum Gasteiger partial charge on any atom is 0.234 e. The Morgan fingerprint density at radius 2 is 2.33 bits per heavy atom. The van der Waals surface area contributed by atoms with Gasteiger partial charge in [0.1, 0.15) is 0 Å². The van der Waals surface area contributed by atoms with Crippen LogP contribution in [0.25, 0.3) is 0 Å². The lowest BCUT2D eigenvalue weighted by molar-refractivity contribution is -0.126. The third-order valence-electron chi connectivity index (χ3n) is 2.28. The number of aliphatic hydroxyl groups excluding tert-OH is 1. The molecule has 0 bridgehead atoms. The summed E-state index contributed by atoms with van der Waals surface area (Å²) >= 11 is 0. The van der Waals surface area contributed by atoms with Gasteiger partial charge < -0.3 is 10.4 Å². The molecular formula is C8H16N2O2. The Morgan fingerprint density at radius 1 is 1.67 bits per heavy atom. The highest BCUT2D eigenvalue weighted by molar-refractivity contribution is 5.78. The second kappa shape index (κ2) is 3.41. The molecule has 4 nitrogen and oxygen atoms in total. The van der Waals surface area contributed by atoms with Crippen molar-refractivity contribution in [2.24, 2.45) is 0 Å². The minimum absolute atomic E-state index is 0.0442. The number of rotatable bonds is 2. The molecule has 0 aromatic heterocycles. The average molecular weight is 172 g/mol. The maximum absolute atomic E-state index is 11.0. The number of amides is 1. The van der Waals surface area contributed by atoms with Crippen molar-refractivity contribution in [3.63, 3.8) is 0 Å². The predicted octanol–water partition coefficient (Wildman–Crippen LogP) is -0.811. The van der Waals surface area contributed by atoms with E-state index in [9.17, 15) is 4.79 Å². The van der Waals surface area contributed by atoms with E-state index < -0.39 is 0 Å². The first-order valence-corrected chi connectivity index (χ1v) is 4.19. The first-order valence-electron chi connectivity index (χ1n) is 4.19. The normalized spacial score (nSPS) is 20.8. The van der Waals surface area contributed by atoms with Gasteiger partial charge in [0, 0.05) is 18.6 Å². The van der Waals surface area contributed by atoms with Crippen molar-refractivity contribution >= 4 is 5.91 Å². The highest BCUT2D eigenvalue weighted by Crippen LogP contribution is 2.13. The van der Waals surface area contributed by atoms with E-state index in [1.165, 1.54) is 0 Å². The Kier molecular flexibility index (Phi) is 2.69. The van der Waals surface area contributed by atoms with Crippen LogP contribution in [0.1, 0.15) is 13.8 Å². The smallest absolute Gasteiger partial charge is 0.234 e. The number of nitrogens with one attached hydrogen (secondary N) is 1. The topological polar surface area (TPSA) is 52.6 Å². The summed E-state index contributed by atoms with van der Waals surface area (Å²) in [6.45, 7) is 5.85. The van der Waals surface area contributed by atoms with Gasteiger partial charge >= 0.3 is 0 Å². The van der Waals surface area contributed by atoms with Crippen LogP contribution in [0.5, 0.6) is 0 Å². The molecule has 0 saturated carbocycles. The van der Waals surface area contributed by atoms with Crippen molar-refractivity contribution in [1.29, 1.82) is 0 Å². The van der Waals surface area contributed by atoms with Crippen LogP contribution < -0.4 is 5.32 Å². The zero-order valence-corrected chi connectivity index (χ0v) is 7.63. The molecule has 1 amide bonds. The first kappa shape index (κ1) is 9.48. The molecule has 1 fully saturated rings. The Bertz CT molecular complexity index is 180. The average Bonchev–Trinajstić information content (AvgIpc) is 2.05. The molecule has 0 unspecified atom stereocenters. The van der Waals surface area contributed by atoms with E-state index >= 15 is 0 Å². The highest BCUT2D eigenvalue weighted by Gasteiger charge is 2.29.